The number of carbonyl (C=O) groups excluding carboxylic acids is 1. The lowest BCUT2D eigenvalue weighted by molar-refractivity contribution is -0.138. The van der Waals surface area contributed by atoms with E-state index in [2.05, 4.69) is 20.5 Å². The Morgan fingerprint density at radius 3 is 2.26 bits per heavy atom. The van der Waals surface area contributed by atoms with E-state index >= 15 is 0 Å². The largest absolute Gasteiger partial charge is 0.417 e. The van der Waals surface area contributed by atoms with Crippen LogP contribution in [0.5, 0.6) is 0 Å². The van der Waals surface area contributed by atoms with Crippen molar-refractivity contribution in [2.24, 2.45) is 0 Å². The Morgan fingerprint density at radius 2 is 1.71 bits per heavy atom. The van der Waals surface area contributed by atoms with Crippen molar-refractivity contribution in [2.75, 3.05) is 18.0 Å². The normalized spacial score (nSPS) is 17.1. The highest BCUT2D eigenvalue weighted by atomic mass is 19.4. The Hall–Kier alpha value is -3.57. The smallest absolute Gasteiger partial charge is 0.354 e. The van der Waals surface area contributed by atoms with Crippen molar-refractivity contribution in [3.05, 3.63) is 59.8 Å². The van der Waals surface area contributed by atoms with Crippen LogP contribution in [0.15, 0.2) is 42.9 Å². The monoisotopic (exact) mass is 475 g/mol. The van der Waals surface area contributed by atoms with Gasteiger partial charge in [-0.05, 0) is 66.4 Å². The van der Waals surface area contributed by atoms with Crippen molar-refractivity contribution in [3.8, 4) is 5.69 Å². The third-order valence-electron chi connectivity index (χ3n) is 6.21. The summed E-state index contributed by atoms with van der Waals surface area (Å²) < 4.78 is 54.3. The van der Waals surface area contributed by atoms with E-state index in [4.69, 9.17) is 0 Å². The molecular weight excluding hydrogens is 454 g/mol. The van der Waals surface area contributed by atoms with Gasteiger partial charge in [0, 0.05) is 36.9 Å². The molecule has 2 aliphatic rings. The standard InChI is InChI=1S/C22H21F4N7O/c23-19-11-15(22(24,25)26)12-27-20(19)31-9-7-18(8-10-31)33(17-5-6-17)21(34)14-1-3-16(4-2-14)32-13-28-29-30-32/h1-4,11-13,17-18H,5-10H2. The van der Waals surface area contributed by atoms with Crippen LogP contribution in [0.25, 0.3) is 5.69 Å². The lowest BCUT2D eigenvalue weighted by Crippen LogP contribution is -2.48. The summed E-state index contributed by atoms with van der Waals surface area (Å²) in [5, 5.41) is 11.0. The van der Waals surface area contributed by atoms with E-state index in [1.54, 1.807) is 29.2 Å². The first-order valence-corrected chi connectivity index (χ1v) is 10.9. The molecule has 0 spiro atoms. The summed E-state index contributed by atoms with van der Waals surface area (Å²) in [7, 11) is 0. The van der Waals surface area contributed by atoms with Gasteiger partial charge in [0.25, 0.3) is 5.91 Å². The van der Waals surface area contributed by atoms with E-state index in [1.807, 2.05) is 4.90 Å². The van der Waals surface area contributed by atoms with Crippen LogP contribution in [0, 0.1) is 5.82 Å². The molecule has 0 atom stereocenters. The molecule has 8 nitrogen and oxygen atoms in total. The molecule has 1 aliphatic heterocycles. The SMILES string of the molecule is O=C(c1ccc(-n2cnnn2)cc1)N(C1CC1)C1CCN(c2ncc(C(F)(F)F)cc2F)CC1. The molecule has 1 saturated carbocycles. The van der Waals surface area contributed by atoms with E-state index in [0.29, 0.717) is 43.8 Å². The molecule has 5 rings (SSSR count). The molecule has 1 amide bonds. The zero-order valence-corrected chi connectivity index (χ0v) is 18.0. The van der Waals surface area contributed by atoms with Gasteiger partial charge in [0.15, 0.2) is 11.6 Å². The Labute approximate surface area is 192 Å². The molecule has 3 aromatic rings. The fourth-order valence-electron chi connectivity index (χ4n) is 4.34. The number of benzene rings is 1. The number of aromatic nitrogens is 5. The molecule has 2 fully saturated rings. The molecule has 1 aliphatic carbocycles. The molecule has 34 heavy (non-hydrogen) atoms. The second kappa shape index (κ2) is 8.65. The maximum Gasteiger partial charge on any atom is 0.417 e. The molecular formula is C22H21F4N7O. The minimum absolute atomic E-state index is 0.0343. The molecule has 1 saturated heterocycles. The maximum absolute atomic E-state index is 14.4. The summed E-state index contributed by atoms with van der Waals surface area (Å²) in [5.74, 6) is -1.15. The van der Waals surface area contributed by atoms with Gasteiger partial charge in [-0.3, -0.25) is 4.79 Å². The van der Waals surface area contributed by atoms with Gasteiger partial charge in [0.05, 0.1) is 11.3 Å². The number of pyridine rings is 1. The topological polar surface area (TPSA) is 80.0 Å². The van der Waals surface area contributed by atoms with Crippen molar-refractivity contribution in [1.82, 2.24) is 30.1 Å². The van der Waals surface area contributed by atoms with Crippen molar-refractivity contribution < 1.29 is 22.4 Å². The first-order valence-electron chi connectivity index (χ1n) is 10.9. The highest BCUT2D eigenvalue weighted by molar-refractivity contribution is 5.95. The summed E-state index contributed by atoms with van der Waals surface area (Å²) in [6.45, 7) is 0.795. The molecule has 0 N–H and O–H groups in total. The average Bonchev–Trinajstić information content (AvgIpc) is 3.50. The number of rotatable bonds is 5. The lowest BCUT2D eigenvalue weighted by Gasteiger charge is -2.39. The van der Waals surface area contributed by atoms with Crippen LogP contribution >= 0.6 is 0 Å². The number of hydrogen-bond acceptors (Lipinski definition) is 6. The summed E-state index contributed by atoms with van der Waals surface area (Å²) in [6, 6.07) is 7.65. The molecule has 0 bridgehead atoms. The number of piperidine rings is 1. The third kappa shape index (κ3) is 4.44. The second-order valence-corrected chi connectivity index (χ2v) is 8.49. The molecule has 12 heteroatoms. The van der Waals surface area contributed by atoms with Crippen LogP contribution in [-0.2, 0) is 6.18 Å². The van der Waals surface area contributed by atoms with Crippen molar-refractivity contribution in [2.45, 2.75) is 43.9 Å². The van der Waals surface area contributed by atoms with E-state index in [1.165, 1.54) is 11.0 Å². The molecule has 178 valence electrons. The van der Waals surface area contributed by atoms with Gasteiger partial charge in [-0.15, -0.1) is 5.10 Å². The predicted octanol–water partition coefficient (Wildman–Crippen LogP) is 3.49. The van der Waals surface area contributed by atoms with Crippen molar-refractivity contribution >= 4 is 11.7 Å². The fraction of sp³-hybridized carbons (Fsp3) is 0.409. The summed E-state index contributed by atoms with van der Waals surface area (Å²) in [6.07, 6.45) is 0.502. The summed E-state index contributed by atoms with van der Waals surface area (Å²) >= 11 is 0. The zero-order chi connectivity index (χ0) is 23.9. The minimum atomic E-state index is -4.64. The second-order valence-electron chi connectivity index (χ2n) is 8.49. The summed E-state index contributed by atoms with van der Waals surface area (Å²) in [4.78, 5) is 20.6. The fourth-order valence-corrected chi connectivity index (χ4v) is 4.34. The van der Waals surface area contributed by atoms with E-state index < -0.39 is 17.6 Å². The Morgan fingerprint density at radius 1 is 1.03 bits per heavy atom. The number of alkyl halides is 3. The van der Waals surface area contributed by atoms with Gasteiger partial charge in [-0.1, -0.05) is 0 Å². The van der Waals surface area contributed by atoms with E-state index in [-0.39, 0.29) is 23.8 Å². The first-order chi connectivity index (χ1) is 16.3. The average molecular weight is 475 g/mol. The highest BCUT2D eigenvalue weighted by Crippen LogP contribution is 2.35. The Balaban J connectivity index is 1.27. The molecule has 0 radical (unpaired) electrons. The predicted molar refractivity (Wildman–Crippen MR) is 113 cm³/mol. The van der Waals surface area contributed by atoms with Crippen LogP contribution in [0.2, 0.25) is 0 Å². The summed E-state index contributed by atoms with van der Waals surface area (Å²) in [5.41, 5.74) is 0.181. The van der Waals surface area contributed by atoms with Crippen LogP contribution in [0.4, 0.5) is 23.4 Å². The van der Waals surface area contributed by atoms with Gasteiger partial charge < -0.3 is 9.80 Å². The molecule has 3 heterocycles. The van der Waals surface area contributed by atoms with Crippen LogP contribution < -0.4 is 4.90 Å². The van der Waals surface area contributed by atoms with E-state index in [0.717, 1.165) is 18.5 Å². The maximum atomic E-state index is 14.4. The van der Waals surface area contributed by atoms with Crippen molar-refractivity contribution in [3.63, 3.8) is 0 Å². The van der Waals surface area contributed by atoms with Crippen LogP contribution in [-0.4, -0.2) is 61.2 Å². The van der Waals surface area contributed by atoms with Crippen LogP contribution in [0.3, 0.4) is 0 Å². The minimum Gasteiger partial charge on any atom is -0.354 e. The number of anilines is 1. The van der Waals surface area contributed by atoms with Gasteiger partial charge in [-0.2, -0.15) is 13.2 Å². The van der Waals surface area contributed by atoms with Gasteiger partial charge >= 0.3 is 6.18 Å². The van der Waals surface area contributed by atoms with Crippen LogP contribution in [0.1, 0.15) is 41.6 Å². The quantitative estimate of drug-likeness (QED) is 0.526. The first kappa shape index (κ1) is 22.2. The van der Waals surface area contributed by atoms with Gasteiger partial charge in [0.1, 0.15) is 6.33 Å². The Kier molecular flexibility index (Phi) is 5.66. The number of tetrazole rings is 1. The number of amides is 1. The number of halogens is 4. The molecule has 1 aromatic carbocycles. The molecule has 2 aromatic heterocycles. The number of hydrogen-bond donors (Lipinski definition) is 0. The number of carbonyl (C=O) groups is 1. The molecule has 0 unspecified atom stereocenters. The number of nitrogens with zero attached hydrogens (tertiary/aromatic N) is 7. The van der Waals surface area contributed by atoms with Crippen molar-refractivity contribution in [1.29, 1.82) is 0 Å². The zero-order valence-electron chi connectivity index (χ0n) is 18.0. The third-order valence-corrected chi connectivity index (χ3v) is 6.21. The highest BCUT2D eigenvalue weighted by Gasteiger charge is 2.39. The van der Waals surface area contributed by atoms with Gasteiger partial charge in [0.2, 0.25) is 0 Å². The van der Waals surface area contributed by atoms with E-state index in [9.17, 15) is 22.4 Å². The lowest BCUT2D eigenvalue weighted by atomic mass is 10.0. The Bertz CT molecular complexity index is 1150. The van der Waals surface area contributed by atoms with Gasteiger partial charge in [-0.25, -0.2) is 14.1 Å².